The molecule has 1 aliphatic rings. The van der Waals surface area contributed by atoms with Crippen LogP contribution in [0.25, 0.3) is 0 Å². The van der Waals surface area contributed by atoms with Crippen molar-refractivity contribution in [3.63, 3.8) is 0 Å². The summed E-state index contributed by atoms with van der Waals surface area (Å²) < 4.78 is 5.24. The summed E-state index contributed by atoms with van der Waals surface area (Å²) in [6, 6.07) is 6.75. The Hall–Kier alpha value is -2.04. The Kier molecular flexibility index (Phi) is 3.46. The van der Waals surface area contributed by atoms with Gasteiger partial charge in [0.25, 0.3) is 0 Å². The van der Waals surface area contributed by atoms with Gasteiger partial charge in [-0.05, 0) is 45.2 Å². The van der Waals surface area contributed by atoms with Gasteiger partial charge < -0.3 is 15.2 Å². The lowest BCUT2D eigenvalue weighted by molar-refractivity contribution is 0.0491. The first kappa shape index (κ1) is 14.4. The zero-order chi connectivity index (χ0) is 15.0. The van der Waals surface area contributed by atoms with Crippen LogP contribution in [0.4, 0.5) is 4.79 Å². The number of rotatable bonds is 3. The quantitative estimate of drug-likeness (QED) is 0.890. The number of benzene rings is 1. The molecule has 1 aromatic rings. The van der Waals surface area contributed by atoms with Crippen molar-refractivity contribution in [2.75, 3.05) is 0 Å². The monoisotopic (exact) mass is 277 g/mol. The molecule has 0 heterocycles. The van der Waals surface area contributed by atoms with Gasteiger partial charge in [0, 0.05) is 0 Å². The van der Waals surface area contributed by atoms with E-state index in [1.807, 2.05) is 0 Å². The summed E-state index contributed by atoms with van der Waals surface area (Å²) in [5, 5.41) is 12.0. The zero-order valence-electron chi connectivity index (χ0n) is 11.9. The van der Waals surface area contributed by atoms with E-state index in [-0.39, 0.29) is 5.56 Å². The van der Waals surface area contributed by atoms with Gasteiger partial charge in [-0.2, -0.15) is 0 Å². The summed E-state index contributed by atoms with van der Waals surface area (Å²) in [4.78, 5) is 23.2. The van der Waals surface area contributed by atoms with Crippen molar-refractivity contribution in [1.82, 2.24) is 5.32 Å². The average Bonchev–Trinajstić information content (AvgIpc) is 3.07. The fraction of sp³-hybridized carbons (Fsp3) is 0.467. The fourth-order valence-corrected chi connectivity index (χ4v) is 2.17. The lowest BCUT2D eigenvalue weighted by Crippen LogP contribution is -2.39. The Balaban J connectivity index is 2.20. The number of nitrogens with one attached hydrogen (secondary N) is 1. The largest absolute Gasteiger partial charge is 0.478 e. The second-order valence-corrected chi connectivity index (χ2v) is 6.06. The number of alkyl carbamates (subject to hydrolysis) is 1. The molecular weight excluding hydrogens is 258 g/mol. The molecule has 0 saturated heterocycles. The van der Waals surface area contributed by atoms with Crippen molar-refractivity contribution < 1.29 is 19.4 Å². The van der Waals surface area contributed by atoms with Crippen LogP contribution in [0.2, 0.25) is 0 Å². The minimum absolute atomic E-state index is 0.223. The molecule has 1 fully saturated rings. The molecule has 1 saturated carbocycles. The molecule has 5 nitrogen and oxygen atoms in total. The molecule has 1 amide bonds. The van der Waals surface area contributed by atoms with Crippen molar-refractivity contribution in [3.05, 3.63) is 35.4 Å². The summed E-state index contributed by atoms with van der Waals surface area (Å²) >= 11 is 0. The SMILES string of the molecule is CC(C)(C)OC(=O)NC1(c2ccccc2C(=O)O)CC1. The molecule has 0 spiro atoms. The van der Waals surface area contributed by atoms with E-state index in [0.29, 0.717) is 5.56 Å². The predicted molar refractivity (Wildman–Crippen MR) is 73.7 cm³/mol. The van der Waals surface area contributed by atoms with Crippen molar-refractivity contribution >= 4 is 12.1 Å². The van der Waals surface area contributed by atoms with Crippen LogP contribution in [0.15, 0.2) is 24.3 Å². The first-order chi connectivity index (χ1) is 9.23. The van der Waals surface area contributed by atoms with Gasteiger partial charge in [0.15, 0.2) is 0 Å². The van der Waals surface area contributed by atoms with Crippen LogP contribution in [-0.2, 0) is 10.3 Å². The van der Waals surface area contributed by atoms with E-state index < -0.39 is 23.2 Å². The maximum Gasteiger partial charge on any atom is 0.408 e. The third-order valence-electron chi connectivity index (χ3n) is 3.16. The zero-order valence-corrected chi connectivity index (χ0v) is 11.9. The van der Waals surface area contributed by atoms with Crippen LogP contribution >= 0.6 is 0 Å². The van der Waals surface area contributed by atoms with Crippen LogP contribution in [0.3, 0.4) is 0 Å². The van der Waals surface area contributed by atoms with Gasteiger partial charge in [-0.3, -0.25) is 0 Å². The molecule has 2 rings (SSSR count). The second-order valence-electron chi connectivity index (χ2n) is 6.06. The summed E-state index contributed by atoms with van der Waals surface area (Å²) in [6.45, 7) is 5.37. The summed E-state index contributed by atoms with van der Waals surface area (Å²) in [5.74, 6) is -0.988. The number of carbonyl (C=O) groups excluding carboxylic acids is 1. The topological polar surface area (TPSA) is 75.6 Å². The Labute approximate surface area is 117 Å². The van der Waals surface area contributed by atoms with Gasteiger partial charge in [-0.25, -0.2) is 9.59 Å². The molecule has 0 aromatic heterocycles. The first-order valence-corrected chi connectivity index (χ1v) is 6.57. The maximum absolute atomic E-state index is 11.9. The van der Waals surface area contributed by atoms with Crippen molar-refractivity contribution in [1.29, 1.82) is 0 Å². The number of hydrogen-bond acceptors (Lipinski definition) is 3. The van der Waals surface area contributed by atoms with Crippen molar-refractivity contribution in [2.24, 2.45) is 0 Å². The van der Waals surface area contributed by atoms with Crippen LogP contribution in [-0.4, -0.2) is 22.8 Å². The predicted octanol–water partition coefficient (Wildman–Crippen LogP) is 2.90. The average molecular weight is 277 g/mol. The second kappa shape index (κ2) is 4.81. The molecular formula is C15H19NO4. The summed E-state index contributed by atoms with van der Waals surface area (Å²) in [5.41, 5.74) is -0.316. The number of amides is 1. The Morgan fingerprint density at radius 3 is 2.35 bits per heavy atom. The standard InChI is InChI=1S/C15H19NO4/c1-14(2,3)20-13(19)16-15(8-9-15)11-7-5-4-6-10(11)12(17)18/h4-7H,8-9H2,1-3H3,(H,16,19)(H,17,18). The van der Waals surface area contributed by atoms with E-state index >= 15 is 0 Å². The smallest absolute Gasteiger partial charge is 0.408 e. The van der Waals surface area contributed by atoms with Gasteiger partial charge in [0.1, 0.15) is 5.60 Å². The molecule has 20 heavy (non-hydrogen) atoms. The maximum atomic E-state index is 11.9. The number of hydrogen-bond donors (Lipinski definition) is 2. The molecule has 1 aliphatic carbocycles. The number of ether oxygens (including phenoxy) is 1. The van der Waals surface area contributed by atoms with Gasteiger partial charge in [-0.15, -0.1) is 0 Å². The number of carboxylic acid groups (broad SMARTS) is 1. The van der Waals surface area contributed by atoms with Crippen LogP contribution in [0, 0.1) is 0 Å². The molecule has 2 N–H and O–H groups in total. The number of carboxylic acids is 1. The summed E-state index contributed by atoms with van der Waals surface area (Å²) in [6.07, 6.45) is 0.919. The number of carbonyl (C=O) groups is 2. The van der Waals surface area contributed by atoms with E-state index in [4.69, 9.17) is 4.74 Å². The highest BCUT2D eigenvalue weighted by atomic mass is 16.6. The van der Waals surface area contributed by atoms with E-state index in [1.165, 1.54) is 0 Å². The van der Waals surface area contributed by atoms with Gasteiger partial charge in [0.05, 0.1) is 11.1 Å². The minimum atomic E-state index is -0.988. The molecule has 0 aliphatic heterocycles. The minimum Gasteiger partial charge on any atom is -0.478 e. The highest BCUT2D eigenvalue weighted by molar-refractivity contribution is 5.90. The molecule has 1 aromatic carbocycles. The highest BCUT2D eigenvalue weighted by Gasteiger charge is 2.48. The lowest BCUT2D eigenvalue weighted by Gasteiger charge is -2.24. The van der Waals surface area contributed by atoms with E-state index in [2.05, 4.69) is 5.32 Å². The highest BCUT2D eigenvalue weighted by Crippen LogP contribution is 2.47. The summed E-state index contributed by atoms with van der Waals surface area (Å²) in [7, 11) is 0. The fourth-order valence-electron chi connectivity index (χ4n) is 2.17. The Morgan fingerprint density at radius 1 is 1.25 bits per heavy atom. The lowest BCUT2D eigenvalue weighted by atomic mass is 9.98. The van der Waals surface area contributed by atoms with Crippen LogP contribution in [0.1, 0.15) is 49.5 Å². The normalized spacial score (nSPS) is 16.4. The molecule has 0 unspecified atom stereocenters. The van der Waals surface area contributed by atoms with Gasteiger partial charge >= 0.3 is 12.1 Å². The molecule has 108 valence electrons. The Morgan fingerprint density at radius 2 is 1.85 bits per heavy atom. The van der Waals surface area contributed by atoms with Crippen molar-refractivity contribution in [2.45, 2.75) is 44.8 Å². The third-order valence-corrected chi connectivity index (χ3v) is 3.16. The molecule has 0 radical (unpaired) electrons. The Bertz CT molecular complexity index is 541. The molecule has 0 atom stereocenters. The van der Waals surface area contributed by atoms with Gasteiger partial charge in [-0.1, -0.05) is 18.2 Å². The first-order valence-electron chi connectivity index (χ1n) is 6.57. The van der Waals surface area contributed by atoms with Crippen molar-refractivity contribution in [3.8, 4) is 0 Å². The van der Waals surface area contributed by atoms with E-state index in [0.717, 1.165) is 12.8 Å². The molecule has 0 bridgehead atoms. The van der Waals surface area contributed by atoms with E-state index in [1.54, 1.807) is 45.0 Å². The van der Waals surface area contributed by atoms with Crippen LogP contribution in [0.5, 0.6) is 0 Å². The molecule has 5 heteroatoms. The van der Waals surface area contributed by atoms with Gasteiger partial charge in [0.2, 0.25) is 0 Å². The van der Waals surface area contributed by atoms with Crippen LogP contribution < -0.4 is 5.32 Å². The third kappa shape index (κ3) is 3.10. The van der Waals surface area contributed by atoms with E-state index in [9.17, 15) is 14.7 Å². The number of aromatic carboxylic acids is 1.